The van der Waals surface area contributed by atoms with Gasteiger partial charge in [0.25, 0.3) is 0 Å². The fourth-order valence-corrected chi connectivity index (χ4v) is 3.37. The Morgan fingerprint density at radius 1 is 1.41 bits per heavy atom. The fraction of sp³-hybridized carbons (Fsp3) is 0.500. The molecule has 0 aromatic heterocycles. The number of hydrogen-bond donors (Lipinski definition) is 2. The highest BCUT2D eigenvalue weighted by Crippen LogP contribution is 2.30. The zero-order valence-corrected chi connectivity index (χ0v) is 13.7. The van der Waals surface area contributed by atoms with Crippen LogP contribution in [0.25, 0.3) is 0 Å². The first kappa shape index (κ1) is 16.7. The number of hydrogen-bond acceptors (Lipinski definition) is 3. The van der Waals surface area contributed by atoms with Gasteiger partial charge < -0.3 is 15.3 Å². The minimum atomic E-state index is -0.837. The molecule has 22 heavy (non-hydrogen) atoms. The van der Waals surface area contributed by atoms with Crippen LogP contribution in [0.5, 0.6) is 0 Å². The molecule has 1 fully saturated rings. The van der Waals surface area contributed by atoms with E-state index in [0.29, 0.717) is 19.5 Å². The number of likely N-dealkylation sites (tertiary alicyclic amines) is 1. The average molecular weight is 322 g/mol. The number of thioether (sulfide) groups is 1. The molecule has 1 heterocycles. The summed E-state index contributed by atoms with van der Waals surface area (Å²) in [6.45, 7) is 5.07. The molecule has 6 heteroatoms. The number of nitrogens with one attached hydrogen (secondary N) is 1. The Bertz CT molecular complexity index is 537. The van der Waals surface area contributed by atoms with Gasteiger partial charge in [-0.05, 0) is 25.5 Å². The number of nitrogens with zero attached hydrogens (tertiary/aromatic N) is 1. The maximum Gasteiger partial charge on any atom is 0.317 e. The molecule has 2 amide bonds. The Balaban J connectivity index is 1.77. The first-order valence-corrected chi connectivity index (χ1v) is 8.26. The van der Waals surface area contributed by atoms with Gasteiger partial charge >= 0.3 is 12.0 Å². The molecule has 0 aliphatic carbocycles. The molecule has 1 aliphatic heterocycles. The van der Waals surface area contributed by atoms with Crippen molar-refractivity contribution in [3.63, 3.8) is 0 Å². The summed E-state index contributed by atoms with van der Waals surface area (Å²) in [6.07, 6.45) is 0.504. The lowest BCUT2D eigenvalue weighted by atomic mass is 9.90. The van der Waals surface area contributed by atoms with E-state index >= 15 is 0 Å². The quantitative estimate of drug-likeness (QED) is 0.818. The second-order valence-corrected chi connectivity index (χ2v) is 7.48. The highest BCUT2D eigenvalue weighted by Gasteiger charge is 2.42. The summed E-state index contributed by atoms with van der Waals surface area (Å²) in [4.78, 5) is 26.1. The van der Waals surface area contributed by atoms with Crippen molar-refractivity contribution in [2.24, 2.45) is 5.41 Å². The molecule has 2 rings (SSSR count). The minimum Gasteiger partial charge on any atom is -0.481 e. The smallest absolute Gasteiger partial charge is 0.317 e. The molecule has 0 saturated carbocycles. The Kier molecular flexibility index (Phi) is 5.34. The van der Waals surface area contributed by atoms with Crippen LogP contribution in [0.2, 0.25) is 0 Å². The van der Waals surface area contributed by atoms with Gasteiger partial charge in [-0.15, -0.1) is 11.8 Å². The third-order valence-electron chi connectivity index (χ3n) is 3.90. The fourth-order valence-electron chi connectivity index (χ4n) is 2.42. The van der Waals surface area contributed by atoms with Gasteiger partial charge in [-0.3, -0.25) is 4.79 Å². The van der Waals surface area contributed by atoms with Crippen LogP contribution >= 0.6 is 11.8 Å². The van der Waals surface area contributed by atoms with E-state index < -0.39 is 11.4 Å². The van der Waals surface area contributed by atoms with Gasteiger partial charge in [-0.25, -0.2) is 4.79 Å². The van der Waals surface area contributed by atoms with Crippen molar-refractivity contribution in [2.75, 3.05) is 19.6 Å². The zero-order chi connectivity index (χ0) is 16.2. The van der Waals surface area contributed by atoms with E-state index in [4.69, 9.17) is 0 Å². The average Bonchev–Trinajstić information content (AvgIpc) is 2.90. The highest BCUT2D eigenvalue weighted by atomic mass is 32.2. The van der Waals surface area contributed by atoms with Gasteiger partial charge in [0.05, 0.1) is 5.41 Å². The van der Waals surface area contributed by atoms with E-state index in [1.807, 2.05) is 30.3 Å². The van der Waals surface area contributed by atoms with Crippen LogP contribution in [0, 0.1) is 5.41 Å². The summed E-state index contributed by atoms with van der Waals surface area (Å²) in [7, 11) is 0. The first-order valence-electron chi connectivity index (χ1n) is 7.38. The molecule has 2 atom stereocenters. The van der Waals surface area contributed by atoms with Crippen molar-refractivity contribution in [3.8, 4) is 0 Å². The number of carbonyl (C=O) groups is 2. The van der Waals surface area contributed by atoms with Crippen LogP contribution < -0.4 is 5.32 Å². The van der Waals surface area contributed by atoms with Gasteiger partial charge in [-0.2, -0.15) is 0 Å². The standard InChI is InChI=1S/C16H22N2O3S/c1-12(22-13-6-4-3-5-7-13)10-17-15(21)18-9-8-16(2,11-18)14(19)20/h3-7,12H,8-11H2,1-2H3,(H,17,21)(H,19,20). The van der Waals surface area contributed by atoms with Gasteiger partial charge in [-0.1, -0.05) is 25.1 Å². The van der Waals surface area contributed by atoms with Crippen LogP contribution in [0.4, 0.5) is 4.79 Å². The second-order valence-electron chi connectivity index (χ2n) is 5.96. The normalized spacial score (nSPS) is 22.4. The SMILES string of the molecule is CC(CNC(=O)N1CCC(C)(C(=O)O)C1)Sc1ccccc1. The Hall–Kier alpha value is -1.69. The number of carbonyl (C=O) groups excluding carboxylic acids is 1. The molecule has 1 saturated heterocycles. The number of amides is 2. The molecule has 2 N–H and O–H groups in total. The Morgan fingerprint density at radius 2 is 2.09 bits per heavy atom. The monoisotopic (exact) mass is 322 g/mol. The maximum atomic E-state index is 12.1. The molecular formula is C16H22N2O3S. The van der Waals surface area contributed by atoms with Crippen molar-refractivity contribution < 1.29 is 14.7 Å². The predicted molar refractivity (Wildman–Crippen MR) is 87.1 cm³/mol. The van der Waals surface area contributed by atoms with Crippen LogP contribution in [-0.4, -0.2) is 46.9 Å². The van der Waals surface area contributed by atoms with Crippen molar-refractivity contribution >= 4 is 23.8 Å². The predicted octanol–water partition coefficient (Wildman–Crippen LogP) is 2.67. The van der Waals surface area contributed by atoms with Crippen molar-refractivity contribution in [1.29, 1.82) is 0 Å². The summed E-state index contributed by atoms with van der Waals surface area (Å²) >= 11 is 1.71. The van der Waals surface area contributed by atoms with E-state index in [1.165, 1.54) is 4.90 Å². The van der Waals surface area contributed by atoms with Crippen molar-refractivity contribution in [1.82, 2.24) is 10.2 Å². The summed E-state index contributed by atoms with van der Waals surface area (Å²) in [5.41, 5.74) is -0.818. The van der Waals surface area contributed by atoms with E-state index in [2.05, 4.69) is 12.2 Å². The number of rotatable bonds is 5. The van der Waals surface area contributed by atoms with Gasteiger partial charge in [0.15, 0.2) is 0 Å². The van der Waals surface area contributed by atoms with Crippen molar-refractivity contribution in [2.45, 2.75) is 30.4 Å². The lowest BCUT2D eigenvalue weighted by Crippen LogP contribution is -2.42. The van der Waals surface area contributed by atoms with Gasteiger partial charge in [0, 0.05) is 29.8 Å². The number of aliphatic carboxylic acids is 1. The number of benzene rings is 1. The molecule has 0 bridgehead atoms. The van der Waals surface area contributed by atoms with Crippen LogP contribution in [0.1, 0.15) is 20.3 Å². The molecule has 1 aromatic rings. The summed E-state index contributed by atoms with van der Waals surface area (Å²) in [6, 6.07) is 9.87. The lowest BCUT2D eigenvalue weighted by Gasteiger charge is -2.21. The second kappa shape index (κ2) is 7.05. The number of urea groups is 1. The van der Waals surface area contributed by atoms with Crippen LogP contribution in [0.15, 0.2) is 35.2 Å². The lowest BCUT2D eigenvalue weighted by molar-refractivity contribution is -0.146. The summed E-state index contributed by atoms with van der Waals surface area (Å²) in [5.74, 6) is -0.837. The van der Waals surface area contributed by atoms with E-state index in [-0.39, 0.29) is 17.8 Å². The maximum absolute atomic E-state index is 12.1. The highest BCUT2D eigenvalue weighted by molar-refractivity contribution is 8.00. The largest absolute Gasteiger partial charge is 0.481 e. The molecule has 0 spiro atoms. The molecular weight excluding hydrogens is 300 g/mol. The van der Waals surface area contributed by atoms with Crippen LogP contribution in [0.3, 0.4) is 0 Å². The Morgan fingerprint density at radius 3 is 2.68 bits per heavy atom. The molecule has 2 unspecified atom stereocenters. The van der Waals surface area contributed by atoms with Crippen LogP contribution in [-0.2, 0) is 4.79 Å². The van der Waals surface area contributed by atoms with Gasteiger partial charge in [0.1, 0.15) is 0 Å². The molecule has 1 aromatic carbocycles. The summed E-state index contributed by atoms with van der Waals surface area (Å²) < 4.78 is 0. The zero-order valence-electron chi connectivity index (χ0n) is 12.9. The Labute approximate surface area is 135 Å². The molecule has 5 nitrogen and oxygen atoms in total. The van der Waals surface area contributed by atoms with E-state index in [0.717, 1.165) is 0 Å². The van der Waals surface area contributed by atoms with E-state index in [1.54, 1.807) is 23.6 Å². The molecule has 1 aliphatic rings. The van der Waals surface area contributed by atoms with Crippen molar-refractivity contribution in [3.05, 3.63) is 30.3 Å². The summed E-state index contributed by atoms with van der Waals surface area (Å²) in [5, 5.41) is 12.3. The number of carboxylic acids is 1. The first-order chi connectivity index (χ1) is 10.4. The molecule has 120 valence electrons. The minimum absolute atomic E-state index is 0.175. The van der Waals surface area contributed by atoms with Gasteiger partial charge in [0.2, 0.25) is 0 Å². The van der Waals surface area contributed by atoms with E-state index in [9.17, 15) is 14.7 Å². The molecule has 0 radical (unpaired) electrons. The number of carboxylic acid groups (broad SMARTS) is 1. The third-order valence-corrected chi connectivity index (χ3v) is 5.01. The third kappa shape index (κ3) is 4.16. The topological polar surface area (TPSA) is 69.6 Å².